The molecule has 0 spiro atoms. The molecule has 6 nitrogen and oxygen atoms in total. The normalized spacial score (nSPS) is 16.2. The van der Waals surface area contributed by atoms with Crippen LogP contribution in [0.25, 0.3) is 0 Å². The lowest BCUT2D eigenvalue weighted by Crippen LogP contribution is -2.44. The van der Waals surface area contributed by atoms with Crippen LogP contribution in [0, 0.1) is 6.92 Å². The number of nitrogens with one attached hydrogen (secondary N) is 2. The van der Waals surface area contributed by atoms with Gasteiger partial charge >= 0.3 is 0 Å². The van der Waals surface area contributed by atoms with E-state index in [0.29, 0.717) is 6.54 Å². The Morgan fingerprint density at radius 3 is 2.82 bits per heavy atom. The molecule has 2 rings (SSSR count). The molecular formula is C14H26IN5OS. The molecular weight excluding hydrogens is 413 g/mol. The zero-order chi connectivity index (χ0) is 14.9. The number of aliphatic imine (C=N–C) groups is 1. The first kappa shape index (κ1) is 19.6. The minimum atomic E-state index is 0. The number of guanidine groups is 1. The summed E-state index contributed by atoms with van der Waals surface area (Å²) in [7, 11) is 0. The lowest BCUT2D eigenvalue weighted by molar-refractivity contribution is 0.0389. The Labute approximate surface area is 153 Å². The number of halogens is 1. The molecule has 126 valence electrons. The van der Waals surface area contributed by atoms with Crippen LogP contribution in [0.15, 0.2) is 10.5 Å². The highest BCUT2D eigenvalue weighted by molar-refractivity contribution is 14.0. The number of hydrogen-bond donors (Lipinski definition) is 2. The van der Waals surface area contributed by atoms with Crippen LogP contribution < -0.4 is 10.6 Å². The number of thiazole rings is 1. The molecule has 0 amide bonds. The Morgan fingerprint density at radius 1 is 1.41 bits per heavy atom. The van der Waals surface area contributed by atoms with Crippen molar-refractivity contribution in [1.29, 1.82) is 0 Å². The van der Waals surface area contributed by atoms with Crippen LogP contribution >= 0.6 is 35.3 Å². The largest absolute Gasteiger partial charge is 0.379 e. The maximum atomic E-state index is 5.35. The van der Waals surface area contributed by atoms with E-state index < -0.39 is 0 Å². The van der Waals surface area contributed by atoms with Crippen LogP contribution in [0.5, 0.6) is 0 Å². The maximum absolute atomic E-state index is 5.35. The second-order valence-electron chi connectivity index (χ2n) is 4.94. The molecule has 0 radical (unpaired) electrons. The average Bonchev–Trinajstić information content (AvgIpc) is 2.91. The summed E-state index contributed by atoms with van der Waals surface area (Å²) in [6.45, 7) is 11.3. The number of morpholine rings is 1. The molecule has 1 saturated heterocycles. The van der Waals surface area contributed by atoms with Crippen LogP contribution in [-0.4, -0.2) is 61.8 Å². The van der Waals surface area contributed by atoms with Gasteiger partial charge in [-0.1, -0.05) is 0 Å². The molecule has 0 atom stereocenters. The van der Waals surface area contributed by atoms with Crippen molar-refractivity contribution in [2.45, 2.75) is 20.4 Å². The first-order valence-corrected chi connectivity index (χ1v) is 8.38. The summed E-state index contributed by atoms with van der Waals surface area (Å²) in [5.41, 5.74) is 2.95. The van der Waals surface area contributed by atoms with Crippen molar-refractivity contribution < 1.29 is 4.74 Å². The second kappa shape index (κ2) is 11.1. The molecule has 8 heteroatoms. The van der Waals surface area contributed by atoms with Crippen LogP contribution in [-0.2, 0) is 11.3 Å². The van der Waals surface area contributed by atoms with Gasteiger partial charge in [-0.05, 0) is 13.8 Å². The lowest BCUT2D eigenvalue weighted by atomic mass is 10.4. The van der Waals surface area contributed by atoms with E-state index in [1.54, 1.807) is 11.3 Å². The van der Waals surface area contributed by atoms with Gasteiger partial charge in [0.2, 0.25) is 0 Å². The topological polar surface area (TPSA) is 61.8 Å². The van der Waals surface area contributed by atoms with Gasteiger partial charge in [0, 0.05) is 37.6 Å². The Kier molecular flexibility index (Phi) is 9.92. The Balaban J connectivity index is 0.00000242. The monoisotopic (exact) mass is 439 g/mol. The highest BCUT2D eigenvalue weighted by atomic mass is 127. The summed E-state index contributed by atoms with van der Waals surface area (Å²) in [6.07, 6.45) is 0. The van der Waals surface area contributed by atoms with E-state index in [1.165, 1.54) is 4.88 Å². The zero-order valence-electron chi connectivity index (χ0n) is 13.3. The summed E-state index contributed by atoms with van der Waals surface area (Å²) in [5, 5.41) is 6.67. The van der Waals surface area contributed by atoms with Gasteiger partial charge in [-0.3, -0.25) is 4.90 Å². The van der Waals surface area contributed by atoms with E-state index in [-0.39, 0.29) is 24.0 Å². The zero-order valence-corrected chi connectivity index (χ0v) is 16.4. The maximum Gasteiger partial charge on any atom is 0.191 e. The predicted molar refractivity (Wildman–Crippen MR) is 102 cm³/mol. The van der Waals surface area contributed by atoms with Crippen molar-refractivity contribution in [3.05, 3.63) is 16.1 Å². The third-order valence-corrected chi connectivity index (χ3v) is 4.31. The quantitative estimate of drug-likeness (QED) is 0.399. The number of nitrogens with zero attached hydrogens (tertiary/aromatic N) is 3. The Hall–Kier alpha value is -0.450. The fraction of sp³-hybridized carbons (Fsp3) is 0.714. The van der Waals surface area contributed by atoms with Gasteiger partial charge in [0.25, 0.3) is 0 Å². The molecule has 0 unspecified atom stereocenters. The Bertz CT molecular complexity index is 448. The lowest BCUT2D eigenvalue weighted by Gasteiger charge is -2.26. The Morgan fingerprint density at radius 2 is 2.18 bits per heavy atom. The first-order chi connectivity index (χ1) is 10.3. The van der Waals surface area contributed by atoms with Crippen molar-refractivity contribution in [2.75, 3.05) is 45.9 Å². The van der Waals surface area contributed by atoms with Crippen molar-refractivity contribution >= 4 is 41.3 Å². The summed E-state index contributed by atoms with van der Waals surface area (Å²) >= 11 is 1.66. The number of hydrogen-bond acceptors (Lipinski definition) is 5. The highest BCUT2D eigenvalue weighted by Crippen LogP contribution is 2.12. The summed E-state index contributed by atoms with van der Waals surface area (Å²) in [5.74, 6) is 0.874. The van der Waals surface area contributed by atoms with Gasteiger partial charge in [0.15, 0.2) is 5.96 Å². The molecule has 22 heavy (non-hydrogen) atoms. The first-order valence-electron chi connectivity index (χ1n) is 7.51. The van der Waals surface area contributed by atoms with Gasteiger partial charge in [-0.2, -0.15) is 0 Å². The van der Waals surface area contributed by atoms with Gasteiger partial charge < -0.3 is 15.4 Å². The predicted octanol–water partition coefficient (Wildman–Crippen LogP) is 1.46. The molecule has 0 saturated carbocycles. The van der Waals surface area contributed by atoms with Gasteiger partial charge in [-0.25, -0.2) is 9.98 Å². The molecule has 0 aliphatic carbocycles. The van der Waals surface area contributed by atoms with Crippen molar-refractivity contribution in [2.24, 2.45) is 4.99 Å². The number of aryl methyl sites for hydroxylation is 1. The van der Waals surface area contributed by atoms with Crippen LogP contribution in [0.1, 0.15) is 17.5 Å². The average molecular weight is 439 g/mol. The smallest absolute Gasteiger partial charge is 0.191 e. The molecule has 1 fully saturated rings. The summed E-state index contributed by atoms with van der Waals surface area (Å²) in [4.78, 5) is 12.5. The van der Waals surface area contributed by atoms with E-state index >= 15 is 0 Å². The fourth-order valence-corrected chi connectivity index (χ4v) is 2.83. The van der Waals surface area contributed by atoms with E-state index in [2.05, 4.69) is 32.4 Å². The molecule has 1 aliphatic rings. The summed E-state index contributed by atoms with van der Waals surface area (Å²) < 4.78 is 5.35. The SMILES string of the molecule is CCNC(=NCc1scnc1C)NCCN1CCOCC1.I. The minimum Gasteiger partial charge on any atom is -0.379 e. The van der Waals surface area contributed by atoms with E-state index in [0.717, 1.165) is 57.6 Å². The highest BCUT2D eigenvalue weighted by Gasteiger charge is 2.09. The molecule has 0 aromatic carbocycles. The van der Waals surface area contributed by atoms with Gasteiger partial charge in [-0.15, -0.1) is 35.3 Å². The van der Waals surface area contributed by atoms with Crippen LogP contribution in [0.3, 0.4) is 0 Å². The number of ether oxygens (including phenoxy) is 1. The molecule has 0 bridgehead atoms. The summed E-state index contributed by atoms with van der Waals surface area (Å²) in [6, 6.07) is 0. The number of aromatic nitrogens is 1. The van der Waals surface area contributed by atoms with Crippen molar-refractivity contribution in [1.82, 2.24) is 20.5 Å². The van der Waals surface area contributed by atoms with Crippen LogP contribution in [0.4, 0.5) is 0 Å². The van der Waals surface area contributed by atoms with E-state index in [1.807, 2.05) is 12.4 Å². The minimum absolute atomic E-state index is 0. The second-order valence-corrected chi connectivity index (χ2v) is 5.88. The standard InChI is InChI=1S/C14H25N5OS.HI/c1-3-15-14(17-10-13-12(2)18-11-21-13)16-4-5-19-6-8-20-9-7-19;/h11H,3-10H2,1-2H3,(H2,15,16,17);1H. The van der Waals surface area contributed by atoms with E-state index in [9.17, 15) is 0 Å². The van der Waals surface area contributed by atoms with Gasteiger partial charge in [0.1, 0.15) is 0 Å². The molecule has 1 aliphatic heterocycles. The van der Waals surface area contributed by atoms with Crippen molar-refractivity contribution in [3.8, 4) is 0 Å². The third kappa shape index (κ3) is 6.76. The molecule has 2 N–H and O–H groups in total. The fourth-order valence-electron chi connectivity index (χ4n) is 2.13. The number of rotatable bonds is 6. The van der Waals surface area contributed by atoms with Crippen LogP contribution in [0.2, 0.25) is 0 Å². The van der Waals surface area contributed by atoms with Gasteiger partial charge in [0.05, 0.1) is 31.0 Å². The molecule has 1 aromatic rings. The molecule has 2 heterocycles. The molecule has 1 aromatic heterocycles. The van der Waals surface area contributed by atoms with E-state index in [4.69, 9.17) is 4.74 Å². The van der Waals surface area contributed by atoms with Crippen molar-refractivity contribution in [3.63, 3.8) is 0 Å². The third-order valence-electron chi connectivity index (χ3n) is 3.39.